The zero-order valence-electron chi connectivity index (χ0n) is 32.0. The van der Waals surface area contributed by atoms with E-state index < -0.39 is 6.10 Å². The summed E-state index contributed by atoms with van der Waals surface area (Å²) in [6.07, 6.45) is 10.0. The number of likely N-dealkylation sites (tertiary alicyclic amines) is 1. The first-order valence-electron chi connectivity index (χ1n) is 19.2. The van der Waals surface area contributed by atoms with Gasteiger partial charge >= 0.3 is 0 Å². The fourth-order valence-electron chi connectivity index (χ4n) is 7.22. The molecule has 0 bridgehead atoms. The van der Waals surface area contributed by atoms with Crippen molar-refractivity contribution in [1.29, 1.82) is 0 Å². The molecule has 2 aromatic rings. The van der Waals surface area contributed by atoms with Crippen molar-refractivity contribution in [1.82, 2.24) is 15.1 Å². The van der Waals surface area contributed by atoms with Crippen LogP contribution in [0.25, 0.3) is 6.08 Å². The summed E-state index contributed by atoms with van der Waals surface area (Å²) in [5.41, 5.74) is 4.19. The Morgan fingerprint density at radius 2 is 1.82 bits per heavy atom. The molecule has 1 saturated heterocycles. The molecular weight excluding hydrogens is 661 g/mol. The van der Waals surface area contributed by atoms with Crippen LogP contribution < -0.4 is 10.6 Å². The summed E-state index contributed by atoms with van der Waals surface area (Å²) < 4.78 is 5.88. The Kier molecular flexibility index (Phi) is 18.5. The van der Waals surface area contributed by atoms with E-state index >= 15 is 0 Å². The molecule has 0 aromatic heterocycles. The fraction of sp³-hybridized carbons (Fsp3) is 0.610. The number of anilines is 1. The number of hydrogen-bond donors (Lipinski definition) is 4. The van der Waals surface area contributed by atoms with Crippen LogP contribution in [0.5, 0.6) is 5.75 Å². The zero-order valence-corrected chi connectivity index (χ0v) is 32.8. The highest BCUT2D eigenvalue weighted by Crippen LogP contribution is 2.41. The van der Waals surface area contributed by atoms with Crippen molar-refractivity contribution in [3.05, 3.63) is 64.7 Å². The Morgan fingerprint density at radius 3 is 2.45 bits per heavy atom. The molecule has 284 valence electrons. The third-order valence-electron chi connectivity index (χ3n) is 10.3. The lowest BCUT2D eigenvalue weighted by Gasteiger charge is -2.28. The maximum absolute atomic E-state index is 13.2. The van der Waals surface area contributed by atoms with Crippen LogP contribution >= 0.6 is 12.0 Å². The molecule has 4 N–H and O–H groups in total. The molecule has 1 aliphatic heterocycles. The summed E-state index contributed by atoms with van der Waals surface area (Å²) in [6, 6.07) is 12.2. The van der Waals surface area contributed by atoms with Crippen molar-refractivity contribution in [2.75, 3.05) is 58.2 Å². The van der Waals surface area contributed by atoms with E-state index in [9.17, 15) is 19.8 Å². The van der Waals surface area contributed by atoms with E-state index in [1.165, 1.54) is 67.7 Å². The van der Waals surface area contributed by atoms with Crippen LogP contribution in [0, 0.1) is 11.8 Å². The third-order valence-corrected chi connectivity index (χ3v) is 11.5. The van der Waals surface area contributed by atoms with Crippen LogP contribution in [-0.2, 0) is 25.1 Å². The number of nitrogens with one attached hydrogen (secondary N) is 2. The van der Waals surface area contributed by atoms with Gasteiger partial charge in [0.25, 0.3) is 0 Å². The number of allylic oxidation sites excluding steroid dienone is 1. The molecule has 10 heteroatoms. The summed E-state index contributed by atoms with van der Waals surface area (Å²) in [5.74, 6) is 1.92. The van der Waals surface area contributed by atoms with Crippen LogP contribution in [0.2, 0.25) is 0 Å². The van der Waals surface area contributed by atoms with Crippen molar-refractivity contribution in [2.45, 2.75) is 97.0 Å². The van der Waals surface area contributed by atoms with Crippen LogP contribution in [0.15, 0.2) is 42.5 Å². The Labute approximate surface area is 311 Å². The lowest BCUT2D eigenvalue weighted by molar-refractivity contribution is -0.131. The molecular formula is C41H64N4O5S. The summed E-state index contributed by atoms with van der Waals surface area (Å²) in [6.45, 7) is 16.3. The highest BCUT2D eigenvalue weighted by Gasteiger charge is 2.36. The number of rotatable bonds is 21. The molecule has 1 aliphatic carbocycles. The maximum atomic E-state index is 13.2. The predicted molar refractivity (Wildman–Crippen MR) is 212 cm³/mol. The summed E-state index contributed by atoms with van der Waals surface area (Å²) in [5, 5.41) is 27.4. The Bertz CT molecular complexity index is 1360. The van der Waals surface area contributed by atoms with E-state index in [-0.39, 0.29) is 22.9 Å². The minimum absolute atomic E-state index is 0.0344. The highest BCUT2D eigenvalue weighted by molar-refractivity contribution is 7.95. The lowest BCUT2D eigenvalue weighted by Crippen LogP contribution is -2.38. The van der Waals surface area contributed by atoms with Crippen LogP contribution in [0.3, 0.4) is 0 Å². The number of carbonyl (C=O) groups excluding carboxylic acids is 2. The lowest BCUT2D eigenvalue weighted by atomic mass is 9.96. The quantitative estimate of drug-likeness (QED) is 0.0341. The van der Waals surface area contributed by atoms with Crippen molar-refractivity contribution in [2.24, 2.45) is 11.8 Å². The van der Waals surface area contributed by atoms with Gasteiger partial charge in [0, 0.05) is 70.5 Å². The number of unbranched alkanes of at least 4 members (excludes halogenated alkanes) is 1. The molecule has 4 rings (SSSR count). The molecule has 2 aromatic carbocycles. The number of aromatic hydroxyl groups is 1. The monoisotopic (exact) mass is 724 g/mol. The second-order valence-corrected chi connectivity index (χ2v) is 15.0. The molecule has 2 aliphatic rings. The van der Waals surface area contributed by atoms with Gasteiger partial charge in [-0.25, -0.2) is 0 Å². The molecule has 51 heavy (non-hydrogen) atoms. The Hall–Kier alpha value is -2.89. The van der Waals surface area contributed by atoms with Gasteiger partial charge < -0.3 is 29.9 Å². The number of nitrogens with zero attached hydrogens (tertiary/aromatic N) is 2. The van der Waals surface area contributed by atoms with Crippen molar-refractivity contribution >= 4 is 36.0 Å². The molecule has 1 heterocycles. The van der Waals surface area contributed by atoms with Gasteiger partial charge in [-0.3, -0.25) is 14.5 Å². The molecule has 0 spiro atoms. The van der Waals surface area contributed by atoms with E-state index in [1.807, 2.05) is 18.7 Å². The van der Waals surface area contributed by atoms with Gasteiger partial charge in [0.05, 0.1) is 29.6 Å². The number of fused-ring (bicyclic) bond motifs is 1. The Balaban J connectivity index is 0.00000345. The first-order chi connectivity index (χ1) is 24.7. The third kappa shape index (κ3) is 12.3. The van der Waals surface area contributed by atoms with Crippen molar-refractivity contribution in [3.63, 3.8) is 0 Å². The van der Waals surface area contributed by atoms with Gasteiger partial charge in [-0.2, -0.15) is 0 Å². The molecule has 0 radical (unpaired) electrons. The van der Waals surface area contributed by atoms with E-state index in [4.69, 9.17) is 4.18 Å². The van der Waals surface area contributed by atoms with Gasteiger partial charge in [-0.1, -0.05) is 70.9 Å². The predicted octanol–water partition coefficient (Wildman–Crippen LogP) is 7.54. The SMILES string of the molecule is CC.CCCCN(CCNCC(O)c1ccc(O)c(NC)c1/C=C\C=O)C(=O)CCOSC(C)(CC)c1ccc(CN2CC3CCCC3C2)cc1. The fourth-order valence-corrected chi connectivity index (χ4v) is 7.99. The number of benzene rings is 2. The normalized spacial score (nSPS) is 18.9. The van der Waals surface area contributed by atoms with Gasteiger partial charge in [-0.05, 0) is 79.4 Å². The first-order valence-corrected chi connectivity index (χ1v) is 19.9. The number of phenols is 1. The van der Waals surface area contributed by atoms with Crippen LogP contribution in [0.4, 0.5) is 5.69 Å². The molecule has 9 nitrogen and oxygen atoms in total. The summed E-state index contributed by atoms with van der Waals surface area (Å²) in [4.78, 5) is 28.7. The van der Waals surface area contributed by atoms with E-state index in [2.05, 4.69) is 60.6 Å². The molecule has 4 unspecified atom stereocenters. The molecule has 1 saturated carbocycles. The van der Waals surface area contributed by atoms with Gasteiger partial charge in [0.15, 0.2) is 0 Å². The number of amides is 1. The number of carbonyl (C=O) groups is 2. The highest BCUT2D eigenvalue weighted by atomic mass is 32.2. The van der Waals surface area contributed by atoms with Gasteiger partial charge in [-0.15, -0.1) is 0 Å². The van der Waals surface area contributed by atoms with E-state index in [0.717, 1.165) is 37.6 Å². The number of aliphatic hydroxyl groups is 1. The van der Waals surface area contributed by atoms with E-state index in [0.29, 0.717) is 55.8 Å². The second kappa shape index (κ2) is 22.2. The van der Waals surface area contributed by atoms with Crippen molar-refractivity contribution in [3.8, 4) is 5.75 Å². The molecule has 4 atom stereocenters. The minimum atomic E-state index is -0.877. The number of aldehydes is 1. The average Bonchev–Trinajstić information content (AvgIpc) is 3.75. The van der Waals surface area contributed by atoms with Crippen LogP contribution in [0.1, 0.15) is 108 Å². The maximum Gasteiger partial charge on any atom is 0.224 e. The van der Waals surface area contributed by atoms with Crippen molar-refractivity contribution < 1.29 is 24.0 Å². The second-order valence-electron chi connectivity index (χ2n) is 13.7. The standard InChI is InChI=1S/C39H58N4O5S.C2H6/c1-5-7-21-43(22-20-41-25-36(46)33-17-18-35(45)38(40-4)34(33)12-9-23-44)37(47)19-24-48-49-39(3,6-2)32-15-13-29(14-16-32)26-42-27-30-10-8-11-31(30)28-42;1-2/h9,12-18,23,30-31,36,40-41,45-46H,5-8,10-11,19-22,24-28H2,1-4H3;1-2H3/b12-9-;. The largest absolute Gasteiger partial charge is 0.506 e. The zero-order chi connectivity index (χ0) is 37.2. The summed E-state index contributed by atoms with van der Waals surface area (Å²) in [7, 11) is 1.67. The minimum Gasteiger partial charge on any atom is -0.506 e. The number of phenolic OH excluding ortho intramolecular Hbond substituents is 1. The van der Waals surface area contributed by atoms with Gasteiger partial charge in [0.2, 0.25) is 5.91 Å². The average molecular weight is 725 g/mol. The van der Waals surface area contributed by atoms with Gasteiger partial charge in [0.1, 0.15) is 12.0 Å². The molecule has 1 amide bonds. The molecule has 2 fully saturated rings. The topological polar surface area (TPSA) is 114 Å². The summed E-state index contributed by atoms with van der Waals surface area (Å²) >= 11 is 1.46. The smallest absolute Gasteiger partial charge is 0.224 e. The number of aliphatic hydroxyl groups excluding tert-OH is 1. The van der Waals surface area contributed by atoms with Crippen LogP contribution in [-0.4, -0.2) is 85.1 Å². The Morgan fingerprint density at radius 1 is 1.12 bits per heavy atom. The number of hydrogen-bond acceptors (Lipinski definition) is 9. The van der Waals surface area contributed by atoms with E-state index in [1.54, 1.807) is 19.2 Å². The first kappa shape index (κ1) is 42.5.